The molecule has 1 saturated heterocycles. The molecule has 1 aromatic rings. The van der Waals surface area contributed by atoms with E-state index in [9.17, 15) is 9.90 Å². The predicted octanol–water partition coefficient (Wildman–Crippen LogP) is 4.39. The number of likely N-dealkylation sites (tertiary alicyclic amines) is 1. The lowest BCUT2D eigenvalue weighted by Gasteiger charge is -2.30. The minimum absolute atomic E-state index is 0.102. The Morgan fingerprint density at radius 1 is 1.23 bits per heavy atom. The molecule has 1 fully saturated rings. The number of ether oxygens (including phenoxy) is 1. The molecule has 2 unspecified atom stereocenters. The van der Waals surface area contributed by atoms with E-state index in [4.69, 9.17) is 4.74 Å². The lowest BCUT2D eigenvalue weighted by molar-refractivity contribution is 0.0437. The Labute approximate surface area is 186 Å². The first-order valence-corrected chi connectivity index (χ1v) is 11.4. The van der Waals surface area contributed by atoms with Gasteiger partial charge >= 0.3 is 6.03 Å². The summed E-state index contributed by atoms with van der Waals surface area (Å²) < 4.78 is 5.46. The average molecular weight is 428 g/mol. The first-order chi connectivity index (χ1) is 14.9. The van der Waals surface area contributed by atoms with Gasteiger partial charge in [-0.2, -0.15) is 0 Å². The smallest absolute Gasteiger partial charge is 0.319 e. The second-order valence-corrected chi connectivity index (χ2v) is 9.07. The van der Waals surface area contributed by atoms with Crippen molar-refractivity contribution >= 4 is 6.03 Å². The van der Waals surface area contributed by atoms with E-state index >= 15 is 0 Å². The number of nitrogens with one attached hydrogen (secondary N) is 2. The topological polar surface area (TPSA) is 73.8 Å². The number of amides is 2. The van der Waals surface area contributed by atoms with Crippen LogP contribution in [0.1, 0.15) is 56.1 Å². The Morgan fingerprint density at radius 2 is 1.94 bits per heavy atom. The van der Waals surface area contributed by atoms with Gasteiger partial charge in [-0.3, -0.25) is 0 Å². The molecule has 0 bridgehead atoms. The van der Waals surface area contributed by atoms with Crippen molar-refractivity contribution in [3.63, 3.8) is 0 Å². The number of aliphatic hydroxyl groups excluding tert-OH is 1. The third-order valence-electron chi connectivity index (χ3n) is 6.36. The molecule has 1 aliphatic heterocycles. The van der Waals surface area contributed by atoms with E-state index in [0.717, 1.165) is 13.0 Å². The van der Waals surface area contributed by atoms with Crippen molar-refractivity contribution in [2.24, 2.45) is 0 Å². The lowest BCUT2D eigenvalue weighted by atomic mass is 9.93. The number of piperidine rings is 1. The normalized spacial score (nSPS) is 22.9. The standard InChI is InChI=1S/C25H37N3O3/c1-19-7-9-20(10-8-19)21(11-14-28-12-5-4-6-13-28)18-26-24(30)27-22-15-23(29)17-25(2,16-22)31-3/h7-10,15,17,21,29H,4-6,11-14,16,18H2,1-3H3,(H2,26,27,30). The van der Waals surface area contributed by atoms with Crippen molar-refractivity contribution in [2.75, 3.05) is 33.3 Å². The predicted molar refractivity (Wildman–Crippen MR) is 124 cm³/mol. The molecule has 2 amide bonds. The molecular weight excluding hydrogens is 390 g/mol. The van der Waals surface area contributed by atoms with Crippen LogP contribution in [-0.2, 0) is 4.74 Å². The minimum Gasteiger partial charge on any atom is -0.508 e. The molecule has 2 aliphatic rings. The fourth-order valence-corrected chi connectivity index (χ4v) is 4.38. The van der Waals surface area contributed by atoms with Crippen LogP contribution >= 0.6 is 0 Å². The highest BCUT2D eigenvalue weighted by atomic mass is 16.5. The third kappa shape index (κ3) is 7.11. The van der Waals surface area contributed by atoms with Crippen molar-refractivity contribution in [2.45, 2.75) is 57.5 Å². The van der Waals surface area contributed by atoms with Crippen molar-refractivity contribution in [3.8, 4) is 0 Å². The molecule has 0 aromatic heterocycles. The Bertz CT molecular complexity index is 797. The third-order valence-corrected chi connectivity index (χ3v) is 6.36. The Hall–Kier alpha value is -2.31. The highest BCUT2D eigenvalue weighted by Crippen LogP contribution is 2.27. The number of rotatable bonds is 8. The van der Waals surface area contributed by atoms with Crippen LogP contribution in [-0.4, -0.2) is 54.9 Å². The van der Waals surface area contributed by atoms with Crippen molar-refractivity contribution in [1.82, 2.24) is 15.5 Å². The van der Waals surface area contributed by atoms with E-state index in [1.54, 1.807) is 19.3 Å². The number of aryl methyl sites for hydroxylation is 1. The van der Waals surface area contributed by atoms with Crippen molar-refractivity contribution in [1.29, 1.82) is 0 Å². The van der Waals surface area contributed by atoms with Crippen LogP contribution in [0.4, 0.5) is 4.79 Å². The molecule has 1 aliphatic carbocycles. The first-order valence-electron chi connectivity index (χ1n) is 11.4. The number of hydrogen-bond acceptors (Lipinski definition) is 4. The van der Waals surface area contributed by atoms with E-state index in [1.807, 2.05) is 6.92 Å². The average Bonchev–Trinajstić information content (AvgIpc) is 2.75. The molecule has 0 saturated carbocycles. The quantitative estimate of drug-likeness (QED) is 0.575. The number of hydrogen-bond donors (Lipinski definition) is 3. The van der Waals surface area contributed by atoms with Gasteiger partial charge in [-0.25, -0.2) is 4.79 Å². The molecule has 2 atom stereocenters. The van der Waals surface area contributed by atoms with Gasteiger partial charge in [0.25, 0.3) is 0 Å². The van der Waals surface area contributed by atoms with E-state index in [0.29, 0.717) is 18.7 Å². The molecule has 31 heavy (non-hydrogen) atoms. The zero-order chi connectivity index (χ0) is 22.3. The van der Waals surface area contributed by atoms with Crippen LogP contribution in [0.3, 0.4) is 0 Å². The van der Waals surface area contributed by atoms with Gasteiger partial charge in [0.05, 0.1) is 5.60 Å². The Kier molecular flexibility index (Phi) is 8.15. The summed E-state index contributed by atoms with van der Waals surface area (Å²) >= 11 is 0. The summed E-state index contributed by atoms with van der Waals surface area (Å²) in [6, 6.07) is 8.36. The monoisotopic (exact) mass is 427 g/mol. The van der Waals surface area contributed by atoms with Gasteiger partial charge < -0.3 is 25.4 Å². The van der Waals surface area contributed by atoms with Gasteiger partial charge in [0.1, 0.15) is 5.76 Å². The molecular formula is C25H37N3O3. The maximum Gasteiger partial charge on any atom is 0.319 e. The maximum atomic E-state index is 12.6. The number of methoxy groups -OCH3 is 1. The molecule has 1 heterocycles. The van der Waals surface area contributed by atoms with Gasteiger partial charge in [-0.15, -0.1) is 0 Å². The van der Waals surface area contributed by atoms with Crippen LogP contribution in [0.15, 0.2) is 47.9 Å². The molecule has 6 nitrogen and oxygen atoms in total. The van der Waals surface area contributed by atoms with Crippen LogP contribution in [0, 0.1) is 6.92 Å². The SMILES string of the molecule is COC1(C)C=C(O)C=C(NC(=O)NCC(CCN2CCCCC2)c2ccc(C)cc2)C1. The zero-order valence-corrected chi connectivity index (χ0v) is 19.1. The second kappa shape index (κ2) is 10.8. The van der Waals surface area contributed by atoms with Crippen molar-refractivity contribution in [3.05, 3.63) is 59.0 Å². The largest absolute Gasteiger partial charge is 0.508 e. The van der Waals surface area contributed by atoms with E-state index < -0.39 is 5.60 Å². The van der Waals surface area contributed by atoms with Crippen LogP contribution in [0.5, 0.6) is 0 Å². The number of urea groups is 1. The molecule has 170 valence electrons. The Balaban J connectivity index is 1.58. The molecule has 1 aromatic carbocycles. The number of carbonyl (C=O) groups is 1. The van der Waals surface area contributed by atoms with Crippen LogP contribution < -0.4 is 10.6 Å². The summed E-state index contributed by atoms with van der Waals surface area (Å²) in [6.07, 6.45) is 8.65. The fourth-order valence-electron chi connectivity index (χ4n) is 4.38. The van der Waals surface area contributed by atoms with Crippen LogP contribution in [0.25, 0.3) is 0 Å². The van der Waals surface area contributed by atoms with E-state index in [1.165, 1.54) is 43.5 Å². The second-order valence-electron chi connectivity index (χ2n) is 9.07. The molecule has 0 radical (unpaired) electrons. The van der Waals surface area contributed by atoms with Gasteiger partial charge in [0.2, 0.25) is 0 Å². The lowest BCUT2D eigenvalue weighted by Crippen LogP contribution is -2.41. The van der Waals surface area contributed by atoms with Gasteiger partial charge in [-0.05, 0) is 70.5 Å². The summed E-state index contributed by atoms with van der Waals surface area (Å²) in [7, 11) is 1.60. The van der Waals surface area contributed by atoms with Crippen LogP contribution in [0.2, 0.25) is 0 Å². The Morgan fingerprint density at radius 3 is 2.61 bits per heavy atom. The highest BCUT2D eigenvalue weighted by molar-refractivity contribution is 5.76. The maximum absolute atomic E-state index is 12.6. The van der Waals surface area contributed by atoms with Crippen molar-refractivity contribution < 1.29 is 14.6 Å². The molecule has 6 heteroatoms. The molecule has 0 spiro atoms. The summed E-state index contributed by atoms with van der Waals surface area (Å²) in [5.74, 6) is 0.358. The number of benzene rings is 1. The number of carbonyl (C=O) groups excluding carboxylic acids is 1. The molecule has 3 rings (SSSR count). The summed E-state index contributed by atoms with van der Waals surface area (Å²) in [6.45, 7) is 7.95. The van der Waals surface area contributed by atoms with Gasteiger partial charge in [0, 0.05) is 31.7 Å². The van der Waals surface area contributed by atoms with E-state index in [2.05, 4.69) is 46.7 Å². The number of aliphatic hydroxyl groups is 1. The van der Waals surface area contributed by atoms with Gasteiger partial charge in [-0.1, -0.05) is 36.2 Å². The van der Waals surface area contributed by atoms with E-state index in [-0.39, 0.29) is 17.7 Å². The first kappa shape index (κ1) is 23.4. The number of nitrogens with zero attached hydrogens (tertiary/aromatic N) is 1. The zero-order valence-electron chi connectivity index (χ0n) is 19.1. The summed E-state index contributed by atoms with van der Waals surface area (Å²) in [5, 5.41) is 15.9. The highest BCUT2D eigenvalue weighted by Gasteiger charge is 2.28. The number of allylic oxidation sites excluding steroid dienone is 1. The molecule has 3 N–H and O–H groups in total. The fraction of sp³-hybridized carbons (Fsp3) is 0.560. The summed E-state index contributed by atoms with van der Waals surface area (Å²) in [5.41, 5.74) is 2.51. The minimum atomic E-state index is -0.625. The summed E-state index contributed by atoms with van der Waals surface area (Å²) in [4.78, 5) is 15.1. The van der Waals surface area contributed by atoms with Gasteiger partial charge in [0.15, 0.2) is 0 Å².